The Hall–Kier alpha value is -1.29. The van der Waals surface area contributed by atoms with Gasteiger partial charge in [0.25, 0.3) is 0 Å². The number of piperazine rings is 1. The highest BCUT2D eigenvalue weighted by atomic mass is 35.5. The maximum Gasteiger partial charge on any atom is 0.116 e. The lowest BCUT2D eigenvalue weighted by Gasteiger charge is -2.25. The van der Waals surface area contributed by atoms with Gasteiger partial charge in [0, 0.05) is 25.7 Å². The van der Waals surface area contributed by atoms with Crippen molar-refractivity contribution >= 4 is 23.2 Å². The molecule has 0 aliphatic carbocycles. The van der Waals surface area contributed by atoms with Gasteiger partial charge >= 0.3 is 0 Å². The minimum atomic E-state index is 0. The zero-order valence-electron chi connectivity index (χ0n) is 10.0. The van der Waals surface area contributed by atoms with Gasteiger partial charge in [-0.2, -0.15) is 0 Å². The highest BCUT2D eigenvalue weighted by molar-refractivity contribution is 5.85. The number of fused-ring (bicyclic) bond motifs is 1. The van der Waals surface area contributed by atoms with Gasteiger partial charge in [-0.1, -0.05) is 18.2 Å². The van der Waals surface area contributed by atoms with E-state index < -0.39 is 0 Å². The molecule has 18 heavy (non-hydrogen) atoms. The summed E-state index contributed by atoms with van der Waals surface area (Å²) in [5.74, 6) is 0.322. The molecular formula is C14H17ClN2O. The lowest BCUT2D eigenvalue weighted by Crippen LogP contribution is -2.42. The van der Waals surface area contributed by atoms with Crippen LogP contribution in [0, 0.1) is 0 Å². The van der Waals surface area contributed by atoms with E-state index in [1.165, 1.54) is 10.9 Å². The molecule has 0 bridgehead atoms. The second-order valence-corrected chi connectivity index (χ2v) is 4.50. The molecule has 1 saturated heterocycles. The van der Waals surface area contributed by atoms with Crippen molar-refractivity contribution < 1.29 is 5.11 Å². The van der Waals surface area contributed by atoms with Gasteiger partial charge in [0.05, 0.1) is 0 Å². The largest absolute Gasteiger partial charge is 0.508 e. The zero-order chi connectivity index (χ0) is 11.7. The smallest absolute Gasteiger partial charge is 0.116 e. The van der Waals surface area contributed by atoms with E-state index in [2.05, 4.69) is 28.8 Å². The average molecular weight is 265 g/mol. The van der Waals surface area contributed by atoms with Gasteiger partial charge in [0.1, 0.15) is 5.75 Å². The van der Waals surface area contributed by atoms with Crippen molar-refractivity contribution in [3.63, 3.8) is 0 Å². The molecule has 2 aromatic rings. The molecule has 2 aromatic carbocycles. The van der Waals surface area contributed by atoms with Gasteiger partial charge in [-0.05, 0) is 34.5 Å². The van der Waals surface area contributed by atoms with Crippen LogP contribution in [0.15, 0.2) is 36.4 Å². The SMILES string of the molecule is Cl.Oc1ccc2cc([C@@H]3CNCCN3)ccc2c1. The molecule has 0 saturated carbocycles. The molecule has 4 heteroatoms. The minimum absolute atomic E-state index is 0. The van der Waals surface area contributed by atoms with E-state index in [1.54, 1.807) is 12.1 Å². The molecule has 3 nitrogen and oxygen atoms in total. The van der Waals surface area contributed by atoms with Crippen molar-refractivity contribution in [1.82, 2.24) is 10.6 Å². The molecule has 1 aliphatic heterocycles. The molecule has 1 aliphatic rings. The Kier molecular flexibility index (Phi) is 4.07. The Balaban J connectivity index is 0.00000120. The second-order valence-electron chi connectivity index (χ2n) is 4.50. The predicted molar refractivity (Wildman–Crippen MR) is 76.5 cm³/mol. The maximum atomic E-state index is 9.43. The van der Waals surface area contributed by atoms with Crippen molar-refractivity contribution in [2.24, 2.45) is 0 Å². The van der Waals surface area contributed by atoms with Crippen LogP contribution < -0.4 is 10.6 Å². The Morgan fingerprint density at radius 1 is 1.00 bits per heavy atom. The summed E-state index contributed by atoms with van der Waals surface area (Å²) >= 11 is 0. The molecule has 96 valence electrons. The summed E-state index contributed by atoms with van der Waals surface area (Å²) in [6, 6.07) is 12.3. The topological polar surface area (TPSA) is 44.3 Å². The number of hydrogen-bond acceptors (Lipinski definition) is 3. The molecule has 0 radical (unpaired) electrons. The Morgan fingerprint density at radius 3 is 2.56 bits per heavy atom. The van der Waals surface area contributed by atoms with Crippen molar-refractivity contribution in [1.29, 1.82) is 0 Å². The molecule has 3 N–H and O–H groups in total. The fourth-order valence-corrected chi connectivity index (χ4v) is 2.36. The number of aromatic hydroxyl groups is 1. The monoisotopic (exact) mass is 264 g/mol. The third kappa shape index (κ3) is 2.58. The van der Waals surface area contributed by atoms with Crippen molar-refractivity contribution in [3.8, 4) is 5.75 Å². The Morgan fingerprint density at radius 2 is 1.78 bits per heavy atom. The first kappa shape index (κ1) is 13.1. The normalized spacial score (nSPS) is 19.4. The predicted octanol–water partition coefficient (Wildman–Crippen LogP) is 2.20. The molecular weight excluding hydrogens is 248 g/mol. The summed E-state index contributed by atoms with van der Waals surface area (Å²) in [7, 11) is 0. The quantitative estimate of drug-likeness (QED) is 0.740. The van der Waals surface area contributed by atoms with Crippen LogP contribution in [0.4, 0.5) is 0 Å². The van der Waals surface area contributed by atoms with Crippen LogP contribution in [0.3, 0.4) is 0 Å². The Bertz CT molecular complexity index is 538. The molecule has 1 atom stereocenters. The van der Waals surface area contributed by atoms with Crippen LogP contribution in [-0.4, -0.2) is 24.7 Å². The number of benzene rings is 2. The van der Waals surface area contributed by atoms with Gasteiger partial charge in [-0.3, -0.25) is 0 Å². The lowest BCUT2D eigenvalue weighted by atomic mass is 10.0. The number of phenolic OH excluding ortho intramolecular Hbond substituents is 1. The number of nitrogens with one attached hydrogen (secondary N) is 2. The van der Waals surface area contributed by atoms with E-state index in [1.807, 2.05) is 6.07 Å². The average Bonchev–Trinajstić information content (AvgIpc) is 2.39. The van der Waals surface area contributed by atoms with E-state index in [4.69, 9.17) is 0 Å². The fraction of sp³-hybridized carbons (Fsp3) is 0.286. The lowest BCUT2D eigenvalue weighted by molar-refractivity contribution is 0.430. The van der Waals surface area contributed by atoms with Gasteiger partial charge in [0.2, 0.25) is 0 Å². The van der Waals surface area contributed by atoms with Crippen molar-refractivity contribution in [3.05, 3.63) is 42.0 Å². The van der Waals surface area contributed by atoms with Crippen molar-refractivity contribution in [2.45, 2.75) is 6.04 Å². The van der Waals surface area contributed by atoms with E-state index in [0.717, 1.165) is 25.0 Å². The number of phenols is 1. The highest BCUT2D eigenvalue weighted by Gasteiger charge is 2.14. The summed E-state index contributed by atoms with van der Waals surface area (Å²) in [5, 5.41) is 18.6. The minimum Gasteiger partial charge on any atom is -0.508 e. The first-order valence-electron chi connectivity index (χ1n) is 6.00. The first-order valence-corrected chi connectivity index (χ1v) is 6.00. The Labute approximate surface area is 113 Å². The molecule has 3 rings (SSSR count). The summed E-state index contributed by atoms with van der Waals surface area (Å²) in [5.41, 5.74) is 1.30. The van der Waals surface area contributed by atoms with Gasteiger partial charge in [-0.25, -0.2) is 0 Å². The molecule has 0 aromatic heterocycles. The van der Waals surface area contributed by atoms with Crippen LogP contribution in [0.5, 0.6) is 5.75 Å². The molecule has 0 spiro atoms. The highest BCUT2D eigenvalue weighted by Crippen LogP contribution is 2.24. The molecule has 1 fully saturated rings. The molecule has 1 heterocycles. The maximum absolute atomic E-state index is 9.43. The summed E-state index contributed by atoms with van der Waals surface area (Å²) in [6.45, 7) is 3.03. The van der Waals surface area contributed by atoms with Gasteiger partial charge in [0.15, 0.2) is 0 Å². The number of halogens is 1. The van der Waals surface area contributed by atoms with Crippen LogP contribution in [0.25, 0.3) is 10.8 Å². The second kappa shape index (κ2) is 5.57. The summed E-state index contributed by atoms with van der Waals surface area (Å²) in [4.78, 5) is 0. The van der Waals surface area contributed by atoms with Crippen LogP contribution in [-0.2, 0) is 0 Å². The third-order valence-electron chi connectivity index (χ3n) is 3.29. The van der Waals surface area contributed by atoms with Crippen molar-refractivity contribution in [2.75, 3.05) is 19.6 Å². The van der Waals surface area contributed by atoms with Crippen LogP contribution in [0.2, 0.25) is 0 Å². The molecule has 0 unspecified atom stereocenters. The van der Waals surface area contributed by atoms with E-state index in [0.29, 0.717) is 11.8 Å². The van der Waals surface area contributed by atoms with Crippen LogP contribution >= 0.6 is 12.4 Å². The first-order chi connectivity index (χ1) is 8.33. The number of rotatable bonds is 1. The third-order valence-corrected chi connectivity index (χ3v) is 3.29. The van der Waals surface area contributed by atoms with Crippen LogP contribution in [0.1, 0.15) is 11.6 Å². The van der Waals surface area contributed by atoms with Gasteiger partial charge < -0.3 is 15.7 Å². The van der Waals surface area contributed by atoms with E-state index >= 15 is 0 Å². The van der Waals surface area contributed by atoms with E-state index in [-0.39, 0.29) is 12.4 Å². The molecule has 0 amide bonds. The standard InChI is InChI=1S/C14H16N2O.ClH/c17-13-4-3-10-7-12(2-1-11(10)8-13)14-9-15-5-6-16-14;/h1-4,7-8,14-17H,5-6,9H2;1H/t14-;/m0./s1. The summed E-state index contributed by atoms with van der Waals surface area (Å²) < 4.78 is 0. The van der Waals surface area contributed by atoms with Gasteiger partial charge in [-0.15, -0.1) is 12.4 Å². The van der Waals surface area contributed by atoms with E-state index in [9.17, 15) is 5.11 Å². The number of hydrogen-bond donors (Lipinski definition) is 3. The fourth-order valence-electron chi connectivity index (χ4n) is 2.36. The summed E-state index contributed by atoms with van der Waals surface area (Å²) in [6.07, 6.45) is 0. The zero-order valence-corrected chi connectivity index (χ0v) is 10.8.